The van der Waals surface area contributed by atoms with Gasteiger partial charge >= 0.3 is 11.9 Å². The van der Waals surface area contributed by atoms with Gasteiger partial charge in [-0.2, -0.15) is 0 Å². The van der Waals surface area contributed by atoms with Crippen LogP contribution in [0, 0.1) is 11.8 Å². The monoisotopic (exact) mass is 370 g/mol. The van der Waals surface area contributed by atoms with Gasteiger partial charge in [-0.3, -0.25) is 9.59 Å². The largest absolute Gasteiger partial charge is 0.466 e. The van der Waals surface area contributed by atoms with Crippen LogP contribution in [0.15, 0.2) is 0 Å². The second kappa shape index (κ2) is 10.2. The number of ether oxygens (including phenoxy) is 2. The third kappa shape index (κ3) is 7.34. The molecule has 4 nitrogen and oxygen atoms in total. The highest BCUT2D eigenvalue weighted by Gasteiger charge is 2.21. The van der Waals surface area contributed by atoms with E-state index in [2.05, 4.69) is 0 Å². The van der Waals surface area contributed by atoms with E-state index in [0.717, 1.165) is 61.1 Å². The standard InChI is InChI=1S/C18H26O4S2/c19-17-11-13(7-9-21-17)1-3-15(23)5-6-16(24)4-2-14-8-10-22-18(20)12-14/h13-14H,1-12H2. The number of rotatable bonds is 9. The Bertz CT molecular complexity index is 445. The molecule has 2 saturated heterocycles. The Morgan fingerprint density at radius 3 is 1.58 bits per heavy atom. The molecule has 2 atom stereocenters. The van der Waals surface area contributed by atoms with Gasteiger partial charge in [0.2, 0.25) is 0 Å². The van der Waals surface area contributed by atoms with Gasteiger partial charge in [0.25, 0.3) is 0 Å². The predicted octanol–water partition coefficient (Wildman–Crippen LogP) is 3.97. The number of carbonyl (C=O) groups is 2. The molecule has 2 aliphatic rings. The Hall–Kier alpha value is -0.880. The Labute approximate surface area is 154 Å². The number of hydrogen-bond acceptors (Lipinski definition) is 6. The van der Waals surface area contributed by atoms with Crippen molar-refractivity contribution in [2.24, 2.45) is 11.8 Å². The molecule has 0 radical (unpaired) electrons. The molecule has 0 aliphatic carbocycles. The van der Waals surface area contributed by atoms with Crippen LogP contribution in [0.5, 0.6) is 0 Å². The summed E-state index contributed by atoms with van der Waals surface area (Å²) in [6, 6.07) is 0. The van der Waals surface area contributed by atoms with E-state index in [-0.39, 0.29) is 11.9 Å². The fourth-order valence-corrected chi connectivity index (χ4v) is 3.66. The predicted molar refractivity (Wildman–Crippen MR) is 100 cm³/mol. The molecule has 2 fully saturated rings. The molecule has 6 heteroatoms. The molecular formula is C18H26O4S2. The summed E-state index contributed by atoms with van der Waals surface area (Å²) < 4.78 is 9.92. The first-order valence-electron chi connectivity index (χ1n) is 8.87. The van der Waals surface area contributed by atoms with Gasteiger partial charge in [0.15, 0.2) is 0 Å². The van der Waals surface area contributed by atoms with Crippen LogP contribution in [0.25, 0.3) is 0 Å². The summed E-state index contributed by atoms with van der Waals surface area (Å²) in [5, 5.41) is 0. The highest BCUT2D eigenvalue weighted by Crippen LogP contribution is 2.23. The quantitative estimate of drug-likeness (QED) is 0.452. The molecule has 0 amide bonds. The van der Waals surface area contributed by atoms with Gasteiger partial charge in [0.05, 0.1) is 13.2 Å². The van der Waals surface area contributed by atoms with Crippen LogP contribution in [0.3, 0.4) is 0 Å². The van der Waals surface area contributed by atoms with E-state index >= 15 is 0 Å². The van der Waals surface area contributed by atoms with Crippen molar-refractivity contribution in [2.75, 3.05) is 13.2 Å². The van der Waals surface area contributed by atoms with Gasteiger partial charge in [-0.25, -0.2) is 0 Å². The molecule has 0 saturated carbocycles. The van der Waals surface area contributed by atoms with Crippen molar-refractivity contribution in [3.05, 3.63) is 0 Å². The van der Waals surface area contributed by atoms with Crippen LogP contribution in [-0.4, -0.2) is 34.9 Å². The van der Waals surface area contributed by atoms with Crippen molar-refractivity contribution in [3.63, 3.8) is 0 Å². The number of esters is 2. The number of carbonyl (C=O) groups excluding carboxylic acids is 2. The minimum atomic E-state index is -0.0788. The SMILES string of the molecule is O=C1CC(CCC(=S)CCC(=S)CCC2CCOC(=O)C2)CCO1. The first kappa shape index (κ1) is 19.4. The average Bonchev–Trinajstić information content (AvgIpc) is 2.56. The molecule has 0 N–H and O–H groups in total. The molecule has 134 valence electrons. The summed E-state index contributed by atoms with van der Waals surface area (Å²) in [6.45, 7) is 1.10. The average molecular weight is 371 g/mol. The summed E-state index contributed by atoms with van der Waals surface area (Å²) in [4.78, 5) is 24.6. The fourth-order valence-electron chi connectivity index (χ4n) is 3.22. The molecule has 0 spiro atoms. The maximum absolute atomic E-state index is 11.3. The molecule has 24 heavy (non-hydrogen) atoms. The first-order valence-corrected chi connectivity index (χ1v) is 9.69. The summed E-state index contributed by atoms with van der Waals surface area (Å²) in [5.74, 6) is 0.680. The third-order valence-electron chi connectivity index (χ3n) is 4.83. The molecule has 0 bridgehead atoms. The summed E-state index contributed by atoms with van der Waals surface area (Å²) in [7, 11) is 0. The number of hydrogen-bond donors (Lipinski definition) is 0. The van der Waals surface area contributed by atoms with Gasteiger partial charge < -0.3 is 9.47 Å². The lowest BCUT2D eigenvalue weighted by molar-refractivity contribution is -0.150. The van der Waals surface area contributed by atoms with Crippen molar-refractivity contribution in [3.8, 4) is 0 Å². The minimum absolute atomic E-state index is 0.0788. The lowest BCUT2D eigenvalue weighted by Gasteiger charge is -2.21. The molecule has 2 heterocycles. The normalized spacial score (nSPS) is 24.2. The summed E-state index contributed by atoms with van der Waals surface area (Å²) in [5.41, 5.74) is 0. The van der Waals surface area contributed by atoms with Crippen molar-refractivity contribution >= 4 is 46.1 Å². The van der Waals surface area contributed by atoms with E-state index in [1.54, 1.807) is 0 Å². The molecule has 0 aromatic carbocycles. The molecular weight excluding hydrogens is 344 g/mol. The van der Waals surface area contributed by atoms with Gasteiger partial charge in [-0.15, -0.1) is 0 Å². The molecule has 0 aromatic heterocycles. The lowest BCUT2D eigenvalue weighted by Crippen LogP contribution is -2.21. The highest BCUT2D eigenvalue weighted by atomic mass is 32.1. The zero-order valence-corrected chi connectivity index (χ0v) is 15.7. The number of cyclic esters (lactones) is 2. The van der Waals surface area contributed by atoms with Crippen LogP contribution >= 0.6 is 24.4 Å². The molecule has 2 aliphatic heterocycles. The van der Waals surface area contributed by atoms with E-state index in [4.69, 9.17) is 33.9 Å². The first-order chi connectivity index (χ1) is 11.5. The van der Waals surface area contributed by atoms with E-state index < -0.39 is 0 Å². The van der Waals surface area contributed by atoms with Gasteiger partial charge in [0, 0.05) is 12.8 Å². The van der Waals surface area contributed by atoms with Gasteiger partial charge in [0.1, 0.15) is 0 Å². The zero-order valence-electron chi connectivity index (χ0n) is 14.1. The van der Waals surface area contributed by atoms with Crippen LogP contribution in [-0.2, 0) is 19.1 Å². The van der Waals surface area contributed by atoms with Crippen LogP contribution < -0.4 is 0 Å². The number of thiocarbonyl (C=S) groups is 2. The summed E-state index contributed by atoms with van der Waals surface area (Å²) in [6.07, 6.45) is 8.43. The smallest absolute Gasteiger partial charge is 0.306 e. The highest BCUT2D eigenvalue weighted by molar-refractivity contribution is 7.80. The maximum atomic E-state index is 11.3. The molecule has 2 rings (SSSR count). The minimum Gasteiger partial charge on any atom is -0.466 e. The van der Waals surface area contributed by atoms with E-state index in [9.17, 15) is 9.59 Å². The van der Waals surface area contributed by atoms with Crippen LogP contribution in [0.4, 0.5) is 0 Å². The Balaban J connectivity index is 1.55. The van der Waals surface area contributed by atoms with Crippen LogP contribution in [0.1, 0.15) is 64.2 Å². The van der Waals surface area contributed by atoms with Crippen molar-refractivity contribution in [1.29, 1.82) is 0 Å². The lowest BCUT2D eigenvalue weighted by atomic mass is 9.92. The zero-order chi connectivity index (χ0) is 17.4. The van der Waals surface area contributed by atoms with E-state index in [0.29, 0.717) is 37.9 Å². The molecule has 2 unspecified atom stereocenters. The summed E-state index contributed by atoms with van der Waals surface area (Å²) >= 11 is 10.9. The van der Waals surface area contributed by atoms with E-state index in [1.807, 2.05) is 0 Å². The topological polar surface area (TPSA) is 52.6 Å². The third-order valence-corrected chi connectivity index (χ3v) is 5.65. The van der Waals surface area contributed by atoms with Crippen molar-refractivity contribution < 1.29 is 19.1 Å². The Kier molecular flexibility index (Phi) is 8.25. The Morgan fingerprint density at radius 1 is 0.792 bits per heavy atom. The maximum Gasteiger partial charge on any atom is 0.306 e. The Morgan fingerprint density at radius 2 is 1.21 bits per heavy atom. The second-order valence-electron chi connectivity index (χ2n) is 6.81. The van der Waals surface area contributed by atoms with Gasteiger partial charge in [-0.1, -0.05) is 24.4 Å². The van der Waals surface area contributed by atoms with Crippen molar-refractivity contribution in [1.82, 2.24) is 0 Å². The van der Waals surface area contributed by atoms with Crippen molar-refractivity contribution in [2.45, 2.75) is 64.2 Å². The second-order valence-corrected chi connectivity index (χ2v) is 7.97. The van der Waals surface area contributed by atoms with E-state index in [1.165, 1.54) is 0 Å². The molecule has 0 aromatic rings. The van der Waals surface area contributed by atoms with Gasteiger partial charge in [-0.05, 0) is 72.9 Å². The fraction of sp³-hybridized carbons (Fsp3) is 0.778. The van der Waals surface area contributed by atoms with Crippen LogP contribution in [0.2, 0.25) is 0 Å².